The summed E-state index contributed by atoms with van der Waals surface area (Å²) < 4.78 is 5.24. The van der Waals surface area contributed by atoms with Crippen LogP contribution in [0.2, 0.25) is 0 Å². The number of methoxy groups -OCH3 is 1. The van der Waals surface area contributed by atoms with Gasteiger partial charge in [0.2, 0.25) is 0 Å². The van der Waals surface area contributed by atoms with Crippen molar-refractivity contribution in [1.29, 1.82) is 0 Å². The van der Waals surface area contributed by atoms with Crippen LogP contribution in [0.1, 0.15) is 37.7 Å². The number of nitrogens with one attached hydrogen (secondary N) is 1. The molecule has 1 saturated carbocycles. The second-order valence-corrected chi connectivity index (χ2v) is 8.09. The maximum absolute atomic E-state index is 5.24. The Bertz CT molecular complexity index is 665. The van der Waals surface area contributed by atoms with Gasteiger partial charge >= 0.3 is 0 Å². The molecule has 1 saturated heterocycles. The Balaban J connectivity index is 1.28. The van der Waals surface area contributed by atoms with Gasteiger partial charge in [0.1, 0.15) is 5.75 Å². The third-order valence-corrected chi connectivity index (χ3v) is 6.32. The normalized spacial score (nSPS) is 22.7. The molecule has 146 valence electrons. The molecule has 0 atom stereocenters. The molecule has 4 rings (SSSR count). The second kappa shape index (κ2) is 8.94. The SMILES string of the molecule is COc1ccc(C2=CC=C(CN3CCN(C4CCCCC4)CC3)CN2)cc1. The molecule has 3 aliphatic rings. The summed E-state index contributed by atoms with van der Waals surface area (Å²) in [6.07, 6.45) is 11.7. The molecule has 0 unspecified atom stereocenters. The number of piperazine rings is 1. The quantitative estimate of drug-likeness (QED) is 0.862. The Hall–Kier alpha value is -1.78. The van der Waals surface area contributed by atoms with Gasteiger partial charge in [0.15, 0.2) is 0 Å². The Labute approximate surface area is 163 Å². The lowest BCUT2D eigenvalue weighted by Crippen LogP contribution is -2.51. The van der Waals surface area contributed by atoms with Crippen LogP contribution in [0.5, 0.6) is 5.75 Å². The van der Waals surface area contributed by atoms with E-state index in [2.05, 4.69) is 39.4 Å². The molecule has 1 aromatic carbocycles. The van der Waals surface area contributed by atoms with E-state index < -0.39 is 0 Å². The van der Waals surface area contributed by atoms with Crippen LogP contribution >= 0.6 is 0 Å². The van der Waals surface area contributed by atoms with Crippen molar-refractivity contribution in [3.8, 4) is 5.75 Å². The molecular formula is C23H33N3O. The lowest BCUT2D eigenvalue weighted by molar-refractivity contribution is 0.0833. The number of nitrogens with zero attached hydrogens (tertiary/aromatic N) is 2. The van der Waals surface area contributed by atoms with Crippen molar-refractivity contribution in [1.82, 2.24) is 15.1 Å². The average Bonchev–Trinajstić information content (AvgIpc) is 2.76. The average molecular weight is 368 g/mol. The summed E-state index contributed by atoms with van der Waals surface area (Å²) in [7, 11) is 1.71. The van der Waals surface area contributed by atoms with Crippen LogP contribution in [0.15, 0.2) is 42.0 Å². The Kier molecular flexibility index (Phi) is 6.15. The summed E-state index contributed by atoms with van der Waals surface area (Å²) in [6.45, 7) is 6.96. The largest absolute Gasteiger partial charge is 0.497 e. The zero-order valence-corrected chi connectivity index (χ0v) is 16.6. The number of hydrogen-bond acceptors (Lipinski definition) is 4. The highest BCUT2D eigenvalue weighted by Crippen LogP contribution is 2.24. The highest BCUT2D eigenvalue weighted by Gasteiger charge is 2.25. The summed E-state index contributed by atoms with van der Waals surface area (Å²) in [5, 5.41) is 3.59. The zero-order chi connectivity index (χ0) is 18.5. The third kappa shape index (κ3) is 4.74. The van der Waals surface area contributed by atoms with Gasteiger partial charge in [0, 0.05) is 51.0 Å². The Morgan fingerprint density at radius 3 is 2.33 bits per heavy atom. The molecule has 2 fully saturated rings. The molecule has 1 aliphatic carbocycles. The monoisotopic (exact) mass is 367 g/mol. The van der Waals surface area contributed by atoms with E-state index in [1.54, 1.807) is 7.11 Å². The Morgan fingerprint density at radius 2 is 1.70 bits per heavy atom. The van der Waals surface area contributed by atoms with Crippen LogP contribution in [0, 0.1) is 0 Å². The minimum Gasteiger partial charge on any atom is -0.497 e. The standard InChI is InChI=1S/C23H33N3O/c1-27-22-10-8-20(9-11-22)23-12-7-19(17-24-23)18-25-13-15-26(16-14-25)21-5-3-2-4-6-21/h7-12,21,24H,2-6,13-18H2,1H3. The van der Waals surface area contributed by atoms with Crippen molar-refractivity contribution < 1.29 is 4.74 Å². The molecule has 0 aromatic heterocycles. The molecule has 4 heteroatoms. The molecule has 0 radical (unpaired) electrons. The molecule has 27 heavy (non-hydrogen) atoms. The molecule has 0 amide bonds. The topological polar surface area (TPSA) is 27.7 Å². The number of benzene rings is 1. The van der Waals surface area contributed by atoms with Crippen LogP contribution in [-0.2, 0) is 0 Å². The van der Waals surface area contributed by atoms with E-state index >= 15 is 0 Å². The molecule has 0 spiro atoms. The second-order valence-electron chi connectivity index (χ2n) is 8.09. The molecule has 0 bridgehead atoms. The van der Waals surface area contributed by atoms with Crippen LogP contribution in [0.4, 0.5) is 0 Å². The van der Waals surface area contributed by atoms with E-state index in [9.17, 15) is 0 Å². The van der Waals surface area contributed by atoms with Gasteiger partial charge in [-0.1, -0.05) is 25.3 Å². The third-order valence-electron chi connectivity index (χ3n) is 6.32. The summed E-state index contributed by atoms with van der Waals surface area (Å²) in [6, 6.07) is 9.12. The maximum Gasteiger partial charge on any atom is 0.118 e. The summed E-state index contributed by atoms with van der Waals surface area (Å²) in [5.41, 5.74) is 3.90. The molecule has 2 heterocycles. The molecular weight excluding hydrogens is 334 g/mol. The molecule has 1 N–H and O–H groups in total. The summed E-state index contributed by atoms with van der Waals surface area (Å²) >= 11 is 0. The van der Waals surface area contributed by atoms with Crippen molar-refractivity contribution >= 4 is 5.70 Å². The molecule has 1 aromatic rings. The van der Waals surface area contributed by atoms with E-state index in [0.29, 0.717) is 0 Å². The molecule has 4 nitrogen and oxygen atoms in total. The van der Waals surface area contributed by atoms with Crippen molar-refractivity contribution in [3.05, 3.63) is 47.6 Å². The molecule has 2 aliphatic heterocycles. The first-order valence-electron chi connectivity index (χ1n) is 10.6. The predicted molar refractivity (Wildman–Crippen MR) is 112 cm³/mol. The van der Waals surface area contributed by atoms with Crippen molar-refractivity contribution in [3.63, 3.8) is 0 Å². The van der Waals surface area contributed by atoms with E-state index in [-0.39, 0.29) is 0 Å². The lowest BCUT2D eigenvalue weighted by atomic mass is 9.94. The number of dihydropyridines is 1. The summed E-state index contributed by atoms with van der Waals surface area (Å²) in [5.74, 6) is 0.902. The van der Waals surface area contributed by atoms with Gasteiger partial charge in [-0.15, -0.1) is 0 Å². The van der Waals surface area contributed by atoms with Gasteiger partial charge in [-0.25, -0.2) is 0 Å². The van der Waals surface area contributed by atoms with E-state index in [4.69, 9.17) is 4.74 Å². The van der Waals surface area contributed by atoms with Crippen molar-refractivity contribution in [2.75, 3.05) is 46.4 Å². The maximum atomic E-state index is 5.24. The first-order chi connectivity index (χ1) is 13.3. The minimum atomic E-state index is 0.867. The Morgan fingerprint density at radius 1 is 0.963 bits per heavy atom. The van der Waals surface area contributed by atoms with Gasteiger partial charge in [0.05, 0.1) is 7.11 Å². The van der Waals surface area contributed by atoms with E-state index in [0.717, 1.165) is 24.9 Å². The minimum absolute atomic E-state index is 0.867. The van der Waals surface area contributed by atoms with Crippen LogP contribution in [0.25, 0.3) is 5.70 Å². The van der Waals surface area contributed by atoms with Crippen molar-refractivity contribution in [2.24, 2.45) is 0 Å². The number of allylic oxidation sites excluding steroid dienone is 2. The highest BCUT2D eigenvalue weighted by atomic mass is 16.5. The number of ether oxygens (including phenoxy) is 1. The van der Waals surface area contributed by atoms with Gasteiger partial charge in [-0.3, -0.25) is 9.80 Å². The first-order valence-corrected chi connectivity index (χ1v) is 10.6. The van der Waals surface area contributed by atoms with Gasteiger partial charge < -0.3 is 10.1 Å². The van der Waals surface area contributed by atoms with Gasteiger partial charge in [-0.2, -0.15) is 0 Å². The zero-order valence-electron chi connectivity index (χ0n) is 16.6. The highest BCUT2D eigenvalue weighted by molar-refractivity contribution is 5.67. The smallest absolute Gasteiger partial charge is 0.118 e. The summed E-state index contributed by atoms with van der Waals surface area (Å²) in [4.78, 5) is 5.38. The fourth-order valence-corrected chi connectivity index (χ4v) is 4.63. The number of hydrogen-bond donors (Lipinski definition) is 1. The van der Waals surface area contributed by atoms with Gasteiger partial charge in [-0.05, 0) is 54.3 Å². The van der Waals surface area contributed by atoms with E-state index in [1.807, 2.05) is 12.1 Å². The van der Waals surface area contributed by atoms with E-state index in [1.165, 1.54) is 75.1 Å². The van der Waals surface area contributed by atoms with Crippen LogP contribution < -0.4 is 10.1 Å². The van der Waals surface area contributed by atoms with Crippen LogP contribution in [-0.4, -0.2) is 62.2 Å². The van der Waals surface area contributed by atoms with Gasteiger partial charge in [0.25, 0.3) is 0 Å². The van der Waals surface area contributed by atoms with Crippen molar-refractivity contribution in [2.45, 2.75) is 38.1 Å². The lowest BCUT2D eigenvalue weighted by Gasteiger charge is -2.41. The fraction of sp³-hybridized carbons (Fsp3) is 0.565. The van der Waals surface area contributed by atoms with Crippen LogP contribution in [0.3, 0.4) is 0 Å². The first kappa shape index (κ1) is 18.6. The fourth-order valence-electron chi connectivity index (χ4n) is 4.63. The predicted octanol–water partition coefficient (Wildman–Crippen LogP) is 3.52. The number of rotatable bonds is 5.